The predicted octanol–water partition coefficient (Wildman–Crippen LogP) is 2.66. The predicted molar refractivity (Wildman–Crippen MR) is 105 cm³/mol. The Kier molecular flexibility index (Phi) is 4.05. The zero-order valence-corrected chi connectivity index (χ0v) is 15.5. The highest BCUT2D eigenvalue weighted by atomic mass is 16.1. The molecule has 1 aliphatic carbocycles. The van der Waals surface area contributed by atoms with Crippen LogP contribution in [0.1, 0.15) is 38.6 Å². The van der Waals surface area contributed by atoms with Gasteiger partial charge in [0, 0.05) is 32.5 Å². The maximum Gasteiger partial charge on any atom is 0.278 e. The lowest BCUT2D eigenvalue weighted by molar-refractivity contribution is 0.253. The van der Waals surface area contributed by atoms with E-state index in [1.165, 1.54) is 11.1 Å². The van der Waals surface area contributed by atoms with Crippen LogP contribution in [0.2, 0.25) is 0 Å². The fraction of sp³-hybridized carbons (Fsp3) is 0.450. The summed E-state index contributed by atoms with van der Waals surface area (Å²) in [5.41, 5.74) is 1.05. The highest BCUT2D eigenvalue weighted by Crippen LogP contribution is 2.32. The van der Waals surface area contributed by atoms with Gasteiger partial charge in [-0.3, -0.25) is 9.59 Å². The standard InChI is InChI=1S/C20H24N4O2/c1-13-6-4-5-7-18(13)23-10-8-16-14(19(23)25)12-15-17(21-16)9-11-24(20(15)26)22(2)3/h8-13,18H,4-7H2,1-3H3/t13-,18+/m1/s1. The number of hydrogen-bond acceptors (Lipinski definition) is 4. The molecule has 0 aliphatic heterocycles. The summed E-state index contributed by atoms with van der Waals surface area (Å²) in [6, 6.07) is 5.65. The molecule has 6 heteroatoms. The van der Waals surface area contributed by atoms with Gasteiger partial charge in [-0.1, -0.05) is 19.8 Å². The number of rotatable bonds is 2. The first-order valence-corrected chi connectivity index (χ1v) is 9.22. The van der Waals surface area contributed by atoms with Crippen LogP contribution in [0.4, 0.5) is 0 Å². The number of nitrogens with zero attached hydrogens (tertiary/aromatic N) is 4. The monoisotopic (exact) mass is 352 g/mol. The fourth-order valence-electron chi connectivity index (χ4n) is 4.12. The molecule has 0 bridgehead atoms. The first-order chi connectivity index (χ1) is 12.5. The topological polar surface area (TPSA) is 60.1 Å². The van der Waals surface area contributed by atoms with Crippen molar-refractivity contribution >= 4 is 21.8 Å². The van der Waals surface area contributed by atoms with Crippen LogP contribution in [-0.2, 0) is 0 Å². The molecule has 1 fully saturated rings. The number of aromatic nitrogens is 3. The van der Waals surface area contributed by atoms with Crippen LogP contribution >= 0.6 is 0 Å². The lowest BCUT2D eigenvalue weighted by atomic mass is 9.85. The molecule has 0 amide bonds. The zero-order chi connectivity index (χ0) is 18.4. The molecule has 136 valence electrons. The van der Waals surface area contributed by atoms with Crippen LogP contribution in [0.3, 0.4) is 0 Å². The van der Waals surface area contributed by atoms with Gasteiger partial charge >= 0.3 is 0 Å². The first-order valence-electron chi connectivity index (χ1n) is 9.22. The molecular formula is C20H24N4O2. The van der Waals surface area contributed by atoms with Crippen LogP contribution < -0.4 is 16.1 Å². The van der Waals surface area contributed by atoms with E-state index >= 15 is 0 Å². The van der Waals surface area contributed by atoms with E-state index in [-0.39, 0.29) is 17.2 Å². The summed E-state index contributed by atoms with van der Waals surface area (Å²) in [4.78, 5) is 30.4. The molecule has 3 aromatic rings. The van der Waals surface area contributed by atoms with E-state index < -0.39 is 0 Å². The van der Waals surface area contributed by atoms with E-state index in [1.54, 1.807) is 31.4 Å². The van der Waals surface area contributed by atoms with Crippen molar-refractivity contribution in [1.82, 2.24) is 14.2 Å². The van der Waals surface area contributed by atoms with Gasteiger partial charge in [-0.2, -0.15) is 0 Å². The van der Waals surface area contributed by atoms with Gasteiger partial charge in [0.1, 0.15) is 0 Å². The molecule has 0 spiro atoms. The second-order valence-corrected chi connectivity index (χ2v) is 7.52. The Morgan fingerprint density at radius 1 is 1.00 bits per heavy atom. The van der Waals surface area contributed by atoms with Crippen LogP contribution in [0.5, 0.6) is 0 Å². The van der Waals surface area contributed by atoms with Crippen LogP contribution in [-0.4, -0.2) is 28.3 Å². The quantitative estimate of drug-likeness (QED) is 0.665. The van der Waals surface area contributed by atoms with Gasteiger partial charge in [0.2, 0.25) is 0 Å². The van der Waals surface area contributed by atoms with E-state index in [9.17, 15) is 9.59 Å². The smallest absolute Gasteiger partial charge is 0.278 e. The summed E-state index contributed by atoms with van der Waals surface area (Å²) in [6.07, 6.45) is 8.14. The summed E-state index contributed by atoms with van der Waals surface area (Å²) < 4.78 is 3.37. The molecule has 0 radical (unpaired) electrons. The maximum absolute atomic E-state index is 13.2. The normalized spacial score (nSPS) is 20.6. The van der Waals surface area contributed by atoms with Gasteiger partial charge in [-0.25, -0.2) is 9.66 Å². The Balaban J connectivity index is 1.95. The van der Waals surface area contributed by atoms with Crippen molar-refractivity contribution in [2.45, 2.75) is 38.6 Å². The number of hydrogen-bond donors (Lipinski definition) is 0. The van der Waals surface area contributed by atoms with Crippen LogP contribution in [0.25, 0.3) is 21.8 Å². The molecule has 26 heavy (non-hydrogen) atoms. The van der Waals surface area contributed by atoms with Crippen LogP contribution in [0, 0.1) is 5.92 Å². The van der Waals surface area contributed by atoms with E-state index in [4.69, 9.17) is 0 Å². The largest absolute Gasteiger partial charge is 0.316 e. The van der Waals surface area contributed by atoms with Crippen molar-refractivity contribution in [3.63, 3.8) is 0 Å². The SMILES string of the molecule is C[C@@H]1CCCC[C@@H]1n1ccc2nc3ccn(N(C)C)c(=O)c3cc2c1=O. The van der Waals surface area contributed by atoms with Gasteiger partial charge in [0.25, 0.3) is 11.1 Å². The summed E-state index contributed by atoms with van der Waals surface area (Å²) in [6.45, 7) is 2.22. The minimum atomic E-state index is -0.164. The van der Waals surface area contributed by atoms with Gasteiger partial charge in [-0.15, -0.1) is 0 Å². The Morgan fingerprint density at radius 3 is 2.35 bits per heavy atom. The average Bonchev–Trinajstić information content (AvgIpc) is 2.62. The molecule has 6 nitrogen and oxygen atoms in total. The van der Waals surface area contributed by atoms with Crippen molar-refractivity contribution < 1.29 is 0 Å². The third-order valence-corrected chi connectivity index (χ3v) is 5.61. The van der Waals surface area contributed by atoms with E-state index in [2.05, 4.69) is 11.9 Å². The molecule has 4 rings (SSSR count). The minimum Gasteiger partial charge on any atom is -0.316 e. The summed E-state index contributed by atoms with van der Waals surface area (Å²) in [7, 11) is 3.61. The highest BCUT2D eigenvalue weighted by Gasteiger charge is 2.24. The van der Waals surface area contributed by atoms with Crippen molar-refractivity contribution in [2.75, 3.05) is 19.1 Å². The molecular weight excluding hydrogens is 328 g/mol. The van der Waals surface area contributed by atoms with Crippen molar-refractivity contribution in [2.24, 2.45) is 5.92 Å². The molecule has 2 atom stereocenters. The highest BCUT2D eigenvalue weighted by molar-refractivity contribution is 5.91. The molecule has 3 aromatic heterocycles. The lowest BCUT2D eigenvalue weighted by Gasteiger charge is -2.30. The molecule has 0 saturated heterocycles. The molecule has 1 aliphatic rings. The second-order valence-electron chi connectivity index (χ2n) is 7.52. The zero-order valence-electron chi connectivity index (χ0n) is 15.5. The molecule has 1 saturated carbocycles. The molecule has 0 unspecified atom stereocenters. The number of pyridine rings is 3. The molecule has 3 heterocycles. The Morgan fingerprint density at radius 2 is 1.65 bits per heavy atom. The lowest BCUT2D eigenvalue weighted by Crippen LogP contribution is -2.35. The maximum atomic E-state index is 13.2. The van der Waals surface area contributed by atoms with Gasteiger partial charge in [0.05, 0.1) is 21.8 Å². The van der Waals surface area contributed by atoms with E-state index in [1.807, 2.05) is 22.9 Å². The van der Waals surface area contributed by atoms with Crippen molar-refractivity contribution in [3.05, 3.63) is 51.3 Å². The average molecular weight is 352 g/mol. The van der Waals surface area contributed by atoms with E-state index in [0.717, 1.165) is 19.3 Å². The fourth-order valence-corrected chi connectivity index (χ4v) is 4.12. The summed E-state index contributed by atoms with van der Waals surface area (Å²) >= 11 is 0. The summed E-state index contributed by atoms with van der Waals surface area (Å²) in [5.74, 6) is 0.485. The molecule has 0 N–H and O–H groups in total. The van der Waals surface area contributed by atoms with Crippen molar-refractivity contribution in [1.29, 1.82) is 0 Å². The first kappa shape index (κ1) is 16.8. The number of fused-ring (bicyclic) bond motifs is 2. The van der Waals surface area contributed by atoms with Gasteiger partial charge < -0.3 is 9.58 Å². The van der Waals surface area contributed by atoms with Crippen LogP contribution in [0.15, 0.2) is 40.2 Å². The molecule has 0 aromatic carbocycles. The van der Waals surface area contributed by atoms with Gasteiger partial charge in [-0.05, 0) is 37.0 Å². The third kappa shape index (κ3) is 2.60. The minimum absolute atomic E-state index is 0.0460. The Labute approximate surface area is 151 Å². The third-order valence-electron chi connectivity index (χ3n) is 5.61. The second kappa shape index (κ2) is 6.27. The summed E-state index contributed by atoms with van der Waals surface area (Å²) in [5, 5.41) is 2.70. The van der Waals surface area contributed by atoms with Crippen molar-refractivity contribution in [3.8, 4) is 0 Å². The Hall–Kier alpha value is -2.63. The van der Waals surface area contributed by atoms with Gasteiger partial charge in [0.15, 0.2) is 0 Å². The van der Waals surface area contributed by atoms with E-state index in [0.29, 0.717) is 27.7 Å². The Bertz CT molecular complexity index is 1100.